The van der Waals surface area contributed by atoms with E-state index in [-0.39, 0.29) is 0 Å². The molecule has 0 aliphatic heterocycles. The van der Waals surface area contributed by atoms with Crippen LogP contribution in [-0.2, 0) is 6.61 Å². The maximum absolute atomic E-state index is 8.78. The molecule has 0 amide bonds. The highest BCUT2D eigenvalue weighted by Crippen LogP contribution is 2.28. The zero-order valence-electron chi connectivity index (χ0n) is 9.66. The van der Waals surface area contributed by atoms with Gasteiger partial charge in [-0.1, -0.05) is 29.3 Å². The number of halogens is 3. The molecule has 19 heavy (non-hydrogen) atoms. The van der Waals surface area contributed by atoms with E-state index in [1.54, 1.807) is 30.3 Å². The highest BCUT2D eigenvalue weighted by molar-refractivity contribution is 9.10. The summed E-state index contributed by atoms with van der Waals surface area (Å²) in [6.07, 6.45) is 0. The summed E-state index contributed by atoms with van der Waals surface area (Å²) >= 11 is 15.3. The first-order valence-electron chi connectivity index (χ1n) is 5.36. The van der Waals surface area contributed by atoms with Gasteiger partial charge in [-0.15, -0.1) is 0 Å². The Morgan fingerprint density at radius 1 is 1.16 bits per heavy atom. The van der Waals surface area contributed by atoms with Crippen LogP contribution in [0.5, 0.6) is 5.75 Å². The summed E-state index contributed by atoms with van der Waals surface area (Å²) in [5.74, 6) is 0.657. The third kappa shape index (κ3) is 3.63. The Hall–Kier alpha value is -1.21. The first-order chi connectivity index (χ1) is 9.10. The maximum atomic E-state index is 8.78. The molecule has 2 aromatic rings. The molecule has 0 N–H and O–H groups in total. The fourth-order valence-electron chi connectivity index (χ4n) is 1.48. The van der Waals surface area contributed by atoms with E-state index in [1.165, 1.54) is 0 Å². The average Bonchev–Trinajstić information content (AvgIpc) is 2.39. The molecule has 0 bridgehead atoms. The average molecular weight is 357 g/mol. The third-order valence-corrected chi connectivity index (χ3v) is 3.67. The molecule has 0 aliphatic rings. The van der Waals surface area contributed by atoms with E-state index in [4.69, 9.17) is 33.2 Å². The third-order valence-electron chi connectivity index (χ3n) is 2.46. The predicted octanol–water partition coefficient (Wildman–Crippen LogP) is 5.21. The van der Waals surface area contributed by atoms with Gasteiger partial charge < -0.3 is 4.74 Å². The van der Waals surface area contributed by atoms with Crippen LogP contribution >= 0.6 is 39.1 Å². The van der Waals surface area contributed by atoms with Gasteiger partial charge in [-0.2, -0.15) is 5.26 Å². The quantitative estimate of drug-likeness (QED) is 0.756. The summed E-state index contributed by atoms with van der Waals surface area (Å²) in [7, 11) is 0. The summed E-state index contributed by atoms with van der Waals surface area (Å²) in [5, 5.41) is 9.94. The normalized spacial score (nSPS) is 10.0. The van der Waals surface area contributed by atoms with Crippen LogP contribution in [-0.4, -0.2) is 0 Å². The Kier molecular flexibility index (Phi) is 4.71. The lowest BCUT2D eigenvalue weighted by Gasteiger charge is -2.09. The number of ether oxygens (including phenoxy) is 1. The Labute approximate surface area is 129 Å². The molecule has 2 nitrogen and oxygen atoms in total. The summed E-state index contributed by atoms with van der Waals surface area (Å²) in [4.78, 5) is 0. The summed E-state index contributed by atoms with van der Waals surface area (Å²) in [6.45, 7) is 0.334. The van der Waals surface area contributed by atoms with E-state index in [0.717, 1.165) is 10.0 Å². The molecule has 0 saturated heterocycles. The maximum Gasteiger partial charge on any atom is 0.134 e. The predicted molar refractivity (Wildman–Crippen MR) is 79.7 cm³/mol. The second kappa shape index (κ2) is 6.29. The molecule has 2 aromatic carbocycles. The molecule has 0 aromatic heterocycles. The number of hydrogen-bond donors (Lipinski definition) is 0. The van der Waals surface area contributed by atoms with E-state index in [0.29, 0.717) is 28.0 Å². The van der Waals surface area contributed by atoms with Crippen molar-refractivity contribution in [3.8, 4) is 11.8 Å². The van der Waals surface area contributed by atoms with Crippen molar-refractivity contribution in [2.75, 3.05) is 0 Å². The van der Waals surface area contributed by atoms with Crippen molar-refractivity contribution in [1.82, 2.24) is 0 Å². The van der Waals surface area contributed by atoms with Gasteiger partial charge in [0.25, 0.3) is 0 Å². The molecule has 0 radical (unpaired) electrons. The lowest BCUT2D eigenvalue weighted by Crippen LogP contribution is -1.97. The lowest BCUT2D eigenvalue weighted by molar-refractivity contribution is 0.304. The Balaban J connectivity index is 2.13. The molecule has 0 spiro atoms. The fraction of sp³-hybridized carbons (Fsp3) is 0.0714. The number of nitrogens with zero attached hydrogens (tertiary/aromatic N) is 1. The summed E-state index contributed by atoms with van der Waals surface area (Å²) in [6, 6.07) is 12.5. The second-order valence-corrected chi connectivity index (χ2v) is 5.48. The number of benzene rings is 2. The Morgan fingerprint density at radius 2 is 1.95 bits per heavy atom. The molecule has 0 saturated carbocycles. The van der Waals surface area contributed by atoms with E-state index in [1.807, 2.05) is 6.07 Å². The first kappa shape index (κ1) is 14.2. The molecule has 5 heteroatoms. The minimum Gasteiger partial charge on any atom is -0.488 e. The van der Waals surface area contributed by atoms with Crippen molar-refractivity contribution in [2.24, 2.45) is 0 Å². The molecule has 2 rings (SSSR count). The van der Waals surface area contributed by atoms with Crippen LogP contribution in [0.25, 0.3) is 0 Å². The Morgan fingerprint density at radius 3 is 2.58 bits per heavy atom. The number of rotatable bonds is 3. The monoisotopic (exact) mass is 355 g/mol. The van der Waals surface area contributed by atoms with Crippen molar-refractivity contribution in [1.29, 1.82) is 5.26 Å². The second-order valence-electron chi connectivity index (χ2n) is 3.78. The van der Waals surface area contributed by atoms with Gasteiger partial charge in [0.2, 0.25) is 0 Å². The van der Waals surface area contributed by atoms with Crippen molar-refractivity contribution < 1.29 is 4.74 Å². The minimum absolute atomic E-state index is 0.334. The topological polar surface area (TPSA) is 33.0 Å². The standard InChI is InChI=1S/C14H8BrCl2NO/c15-12-5-9(7-18)1-4-14(12)19-8-10-2-3-11(16)6-13(10)17/h1-6H,8H2. The summed E-state index contributed by atoms with van der Waals surface area (Å²) < 4.78 is 6.39. The molecular weight excluding hydrogens is 349 g/mol. The fourth-order valence-corrected chi connectivity index (χ4v) is 2.44. The van der Waals surface area contributed by atoms with Gasteiger partial charge in [-0.3, -0.25) is 0 Å². The van der Waals surface area contributed by atoms with Crippen molar-refractivity contribution in [2.45, 2.75) is 6.61 Å². The molecule has 0 atom stereocenters. The van der Waals surface area contributed by atoms with E-state index in [9.17, 15) is 0 Å². The molecule has 0 heterocycles. The van der Waals surface area contributed by atoms with E-state index in [2.05, 4.69) is 22.0 Å². The van der Waals surface area contributed by atoms with Gasteiger partial charge >= 0.3 is 0 Å². The van der Waals surface area contributed by atoms with Gasteiger partial charge in [0, 0.05) is 15.6 Å². The van der Waals surface area contributed by atoms with Crippen LogP contribution in [0.4, 0.5) is 0 Å². The molecule has 96 valence electrons. The van der Waals surface area contributed by atoms with Crippen LogP contribution in [0.3, 0.4) is 0 Å². The SMILES string of the molecule is N#Cc1ccc(OCc2ccc(Cl)cc2Cl)c(Br)c1. The van der Waals surface area contributed by atoms with Gasteiger partial charge in [0.1, 0.15) is 12.4 Å². The summed E-state index contributed by atoms with van der Waals surface area (Å²) in [5.41, 5.74) is 1.42. The lowest BCUT2D eigenvalue weighted by atomic mass is 10.2. The van der Waals surface area contributed by atoms with Crippen LogP contribution < -0.4 is 4.74 Å². The zero-order valence-corrected chi connectivity index (χ0v) is 12.8. The molecule has 0 unspecified atom stereocenters. The zero-order chi connectivity index (χ0) is 13.8. The smallest absolute Gasteiger partial charge is 0.134 e. The number of hydrogen-bond acceptors (Lipinski definition) is 2. The van der Waals surface area contributed by atoms with Crippen LogP contribution in [0.2, 0.25) is 10.0 Å². The van der Waals surface area contributed by atoms with Gasteiger partial charge in [-0.05, 0) is 46.3 Å². The molecule has 0 aliphatic carbocycles. The van der Waals surface area contributed by atoms with Crippen molar-refractivity contribution >= 4 is 39.1 Å². The van der Waals surface area contributed by atoms with E-state index >= 15 is 0 Å². The van der Waals surface area contributed by atoms with Crippen molar-refractivity contribution in [3.05, 3.63) is 62.0 Å². The molecule has 0 fully saturated rings. The van der Waals surface area contributed by atoms with Crippen molar-refractivity contribution in [3.63, 3.8) is 0 Å². The first-order valence-corrected chi connectivity index (χ1v) is 6.91. The highest BCUT2D eigenvalue weighted by Gasteiger charge is 2.05. The van der Waals surface area contributed by atoms with E-state index < -0.39 is 0 Å². The Bertz CT molecular complexity index is 652. The van der Waals surface area contributed by atoms with Gasteiger partial charge in [-0.25, -0.2) is 0 Å². The minimum atomic E-state index is 0.334. The van der Waals surface area contributed by atoms with Crippen LogP contribution in [0.1, 0.15) is 11.1 Å². The van der Waals surface area contributed by atoms with Crippen LogP contribution in [0.15, 0.2) is 40.9 Å². The molecular formula is C14H8BrCl2NO. The van der Waals surface area contributed by atoms with Gasteiger partial charge in [0.15, 0.2) is 0 Å². The largest absolute Gasteiger partial charge is 0.488 e. The van der Waals surface area contributed by atoms with Crippen LogP contribution in [0, 0.1) is 11.3 Å². The number of nitriles is 1. The highest BCUT2D eigenvalue weighted by atomic mass is 79.9. The van der Waals surface area contributed by atoms with Gasteiger partial charge in [0.05, 0.1) is 16.1 Å².